The quantitative estimate of drug-likeness (QED) is 0.458. The molecule has 1 amide bonds. The Balaban J connectivity index is 1.74. The van der Waals surface area contributed by atoms with Gasteiger partial charge in [0.25, 0.3) is 11.7 Å². The molecule has 0 bridgehead atoms. The van der Waals surface area contributed by atoms with Crippen LogP contribution in [-0.2, 0) is 20.7 Å². The van der Waals surface area contributed by atoms with E-state index in [0.29, 0.717) is 17.9 Å². The van der Waals surface area contributed by atoms with Crippen LogP contribution in [-0.4, -0.2) is 47.6 Å². The van der Waals surface area contributed by atoms with Gasteiger partial charge in [0.15, 0.2) is 0 Å². The van der Waals surface area contributed by atoms with Crippen LogP contribution in [0.15, 0.2) is 46.6 Å². The summed E-state index contributed by atoms with van der Waals surface area (Å²) in [5.74, 6) is -0.433. The Bertz CT molecular complexity index is 960. The number of rotatable bonds is 6. The Labute approximate surface area is 168 Å². The average Bonchev–Trinajstić information content (AvgIpc) is 3.43. The fourth-order valence-corrected chi connectivity index (χ4v) is 3.73. The molecule has 2 aliphatic heterocycles. The number of hydrogen-bond donors (Lipinski definition) is 1. The minimum Gasteiger partial charge on any atom is -0.507 e. The van der Waals surface area contributed by atoms with E-state index in [1.54, 1.807) is 30.3 Å². The molecule has 152 valence electrons. The van der Waals surface area contributed by atoms with Crippen molar-refractivity contribution in [2.24, 2.45) is 0 Å². The van der Waals surface area contributed by atoms with Gasteiger partial charge in [0.1, 0.15) is 23.3 Å². The van der Waals surface area contributed by atoms with Gasteiger partial charge in [-0.2, -0.15) is 0 Å². The first-order valence-corrected chi connectivity index (χ1v) is 9.67. The lowest BCUT2D eigenvalue weighted by Crippen LogP contribution is -2.33. The normalized spacial score (nSPS) is 20.4. The van der Waals surface area contributed by atoms with Gasteiger partial charge in [0.05, 0.1) is 31.2 Å². The maximum atomic E-state index is 12.9. The maximum Gasteiger partial charge on any atom is 0.295 e. The number of aliphatic hydroxyl groups is 1. The molecule has 7 heteroatoms. The molecule has 1 N–H and O–H groups in total. The first-order chi connectivity index (χ1) is 14.0. The van der Waals surface area contributed by atoms with Gasteiger partial charge in [0, 0.05) is 18.5 Å². The minimum atomic E-state index is -0.801. The number of carbonyl (C=O) groups excluding carboxylic acids is 2. The lowest BCUT2D eigenvalue weighted by molar-refractivity contribution is -0.140. The van der Waals surface area contributed by atoms with Crippen molar-refractivity contribution < 1.29 is 28.6 Å². The van der Waals surface area contributed by atoms with Crippen molar-refractivity contribution in [2.45, 2.75) is 32.4 Å². The third-order valence-corrected chi connectivity index (χ3v) is 5.10. The number of hydrogen-bond acceptors (Lipinski definition) is 6. The molecule has 1 fully saturated rings. The molecule has 1 aromatic carbocycles. The summed E-state index contributed by atoms with van der Waals surface area (Å²) < 4.78 is 16.6. The van der Waals surface area contributed by atoms with E-state index in [2.05, 4.69) is 0 Å². The summed E-state index contributed by atoms with van der Waals surface area (Å²) in [7, 11) is 0. The van der Waals surface area contributed by atoms with Crippen LogP contribution in [0.4, 0.5) is 0 Å². The highest BCUT2D eigenvalue weighted by Crippen LogP contribution is 2.40. The van der Waals surface area contributed by atoms with Gasteiger partial charge in [-0.3, -0.25) is 9.59 Å². The number of nitrogens with zero attached hydrogens (tertiary/aromatic N) is 1. The number of ketones is 1. The fraction of sp³-hybridized carbons (Fsp3) is 0.364. The number of ether oxygens (including phenoxy) is 2. The summed E-state index contributed by atoms with van der Waals surface area (Å²) in [6.07, 6.45) is 2.22. The molecule has 2 aromatic rings. The Morgan fingerprint density at radius 1 is 1.31 bits per heavy atom. The molecule has 1 unspecified atom stereocenters. The van der Waals surface area contributed by atoms with Crippen LogP contribution < -0.4 is 4.74 Å². The molecular weight excluding hydrogens is 374 g/mol. The number of furan rings is 1. The van der Waals surface area contributed by atoms with E-state index in [4.69, 9.17) is 13.9 Å². The number of fused-ring (bicyclic) bond motifs is 1. The molecule has 1 saturated heterocycles. The predicted molar refractivity (Wildman–Crippen MR) is 104 cm³/mol. The second-order valence-electron chi connectivity index (χ2n) is 7.35. The van der Waals surface area contributed by atoms with Gasteiger partial charge in [0.2, 0.25) is 0 Å². The number of Topliss-reactive ketones (excluding diaryl/α,β-unsaturated/α-hetero) is 1. The van der Waals surface area contributed by atoms with Gasteiger partial charge in [-0.15, -0.1) is 0 Å². The summed E-state index contributed by atoms with van der Waals surface area (Å²) in [5, 5.41) is 11.0. The Kier molecular flexibility index (Phi) is 5.15. The number of aliphatic hydroxyl groups excluding tert-OH is 1. The van der Waals surface area contributed by atoms with Crippen molar-refractivity contribution >= 4 is 17.4 Å². The topological polar surface area (TPSA) is 89.2 Å². The second-order valence-corrected chi connectivity index (χ2v) is 7.35. The molecule has 1 atom stereocenters. The minimum absolute atomic E-state index is 0.00233. The zero-order valence-electron chi connectivity index (χ0n) is 16.4. The van der Waals surface area contributed by atoms with Crippen molar-refractivity contribution in [3.63, 3.8) is 0 Å². The molecule has 0 aliphatic carbocycles. The summed E-state index contributed by atoms with van der Waals surface area (Å²) in [6.45, 7) is 4.87. The van der Waals surface area contributed by atoms with Crippen molar-refractivity contribution in [3.8, 4) is 5.75 Å². The van der Waals surface area contributed by atoms with E-state index in [9.17, 15) is 14.7 Å². The van der Waals surface area contributed by atoms with Gasteiger partial charge >= 0.3 is 0 Å². The van der Waals surface area contributed by atoms with Crippen LogP contribution in [0, 0.1) is 0 Å². The summed E-state index contributed by atoms with van der Waals surface area (Å²) in [6, 6.07) is 7.83. The van der Waals surface area contributed by atoms with E-state index < -0.39 is 17.7 Å². The molecule has 3 heterocycles. The number of benzene rings is 1. The van der Waals surface area contributed by atoms with Crippen LogP contribution in [0.5, 0.6) is 5.75 Å². The Morgan fingerprint density at radius 2 is 2.14 bits per heavy atom. The highest BCUT2D eigenvalue weighted by molar-refractivity contribution is 6.46. The van der Waals surface area contributed by atoms with E-state index in [-0.39, 0.29) is 30.6 Å². The first-order valence-electron chi connectivity index (χ1n) is 9.67. The number of amides is 1. The maximum absolute atomic E-state index is 12.9. The molecule has 0 spiro atoms. The highest BCUT2D eigenvalue weighted by Gasteiger charge is 2.47. The van der Waals surface area contributed by atoms with E-state index in [1.165, 1.54) is 11.2 Å². The van der Waals surface area contributed by atoms with E-state index in [1.807, 2.05) is 13.8 Å². The summed E-state index contributed by atoms with van der Waals surface area (Å²) in [4.78, 5) is 27.0. The Hall–Kier alpha value is -3.06. The highest BCUT2D eigenvalue weighted by atomic mass is 16.5. The lowest BCUT2D eigenvalue weighted by Gasteiger charge is -2.23. The van der Waals surface area contributed by atoms with Crippen LogP contribution in [0.3, 0.4) is 0 Å². The number of carbonyl (C=O) groups is 2. The van der Waals surface area contributed by atoms with Gasteiger partial charge in [-0.1, -0.05) is 0 Å². The molecule has 0 saturated carbocycles. The van der Waals surface area contributed by atoms with Gasteiger partial charge in [-0.05, 0) is 49.7 Å². The zero-order chi connectivity index (χ0) is 20.5. The predicted octanol–water partition coefficient (Wildman–Crippen LogP) is 3.06. The molecular formula is C22H23NO6. The molecule has 29 heavy (non-hydrogen) atoms. The van der Waals surface area contributed by atoms with Crippen LogP contribution in [0.25, 0.3) is 5.76 Å². The SMILES string of the molecule is CC(C)OCCN1C(=O)C(=O)/C(=C(\O)c2ccc3c(c2)CCO3)C1c1ccco1. The summed E-state index contributed by atoms with van der Waals surface area (Å²) >= 11 is 0. The smallest absolute Gasteiger partial charge is 0.295 e. The van der Waals surface area contributed by atoms with Crippen molar-refractivity contribution in [1.82, 2.24) is 4.90 Å². The Morgan fingerprint density at radius 3 is 2.86 bits per heavy atom. The van der Waals surface area contributed by atoms with E-state index >= 15 is 0 Å². The largest absolute Gasteiger partial charge is 0.507 e. The summed E-state index contributed by atoms with van der Waals surface area (Å²) in [5.41, 5.74) is 1.46. The zero-order valence-corrected chi connectivity index (χ0v) is 16.4. The monoisotopic (exact) mass is 397 g/mol. The second kappa shape index (κ2) is 7.75. The molecule has 4 rings (SSSR count). The first kappa shape index (κ1) is 19.3. The lowest BCUT2D eigenvalue weighted by atomic mass is 9.98. The van der Waals surface area contributed by atoms with E-state index in [0.717, 1.165) is 17.7 Å². The van der Waals surface area contributed by atoms with Crippen LogP contribution in [0.1, 0.15) is 36.8 Å². The van der Waals surface area contributed by atoms with Crippen molar-refractivity contribution in [2.75, 3.05) is 19.8 Å². The molecule has 2 aliphatic rings. The standard InChI is InChI=1S/C22H23NO6/c1-13(2)27-11-8-23-19(17-4-3-9-28-17)18(21(25)22(23)26)20(24)15-5-6-16-14(12-15)7-10-29-16/h3-6,9,12-13,19,24H,7-8,10-11H2,1-2H3/b20-18-. The molecule has 7 nitrogen and oxygen atoms in total. The van der Waals surface area contributed by atoms with Crippen LogP contribution in [0.2, 0.25) is 0 Å². The number of likely N-dealkylation sites (tertiary alicyclic amines) is 1. The molecule has 0 radical (unpaired) electrons. The third kappa shape index (κ3) is 3.53. The van der Waals surface area contributed by atoms with Crippen molar-refractivity contribution in [3.05, 3.63) is 59.1 Å². The third-order valence-electron chi connectivity index (χ3n) is 5.10. The van der Waals surface area contributed by atoms with Crippen molar-refractivity contribution in [1.29, 1.82) is 0 Å². The van der Waals surface area contributed by atoms with Crippen LogP contribution >= 0.6 is 0 Å². The van der Waals surface area contributed by atoms with Gasteiger partial charge in [-0.25, -0.2) is 0 Å². The fourth-order valence-electron chi connectivity index (χ4n) is 3.73. The molecule has 1 aromatic heterocycles. The van der Waals surface area contributed by atoms with Gasteiger partial charge < -0.3 is 23.9 Å². The average molecular weight is 397 g/mol.